The zero-order valence-corrected chi connectivity index (χ0v) is 13.8. The van der Waals surface area contributed by atoms with Crippen molar-refractivity contribution in [3.63, 3.8) is 0 Å². The average Bonchev–Trinajstić information content (AvgIpc) is 2.47. The second-order valence-electron chi connectivity index (χ2n) is 6.72. The maximum absolute atomic E-state index is 9.69. The molecule has 1 aliphatic rings. The van der Waals surface area contributed by atoms with Gasteiger partial charge in [-0.1, -0.05) is 26.0 Å². The molecule has 0 spiro atoms. The van der Waals surface area contributed by atoms with E-state index >= 15 is 0 Å². The number of aryl methyl sites for hydroxylation is 1. The van der Waals surface area contributed by atoms with Crippen LogP contribution >= 0.6 is 0 Å². The maximum atomic E-state index is 9.69. The summed E-state index contributed by atoms with van der Waals surface area (Å²) >= 11 is 0. The van der Waals surface area contributed by atoms with E-state index in [2.05, 4.69) is 44.3 Å². The summed E-state index contributed by atoms with van der Waals surface area (Å²) in [6, 6.07) is 6.47. The van der Waals surface area contributed by atoms with Crippen LogP contribution in [-0.4, -0.2) is 30.4 Å². The monoisotopic (exact) mass is 291 g/mol. The Bertz CT molecular complexity index is 466. The van der Waals surface area contributed by atoms with Crippen molar-refractivity contribution in [2.45, 2.75) is 64.0 Å². The Labute approximate surface area is 128 Å². The van der Waals surface area contributed by atoms with Crippen LogP contribution in [0.5, 0.6) is 5.75 Å². The van der Waals surface area contributed by atoms with E-state index in [-0.39, 0.29) is 18.2 Å². The maximum Gasteiger partial charge on any atom is 0.123 e. The summed E-state index contributed by atoms with van der Waals surface area (Å²) in [6.45, 7) is 6.67. The van der Waals surface area contributed by atoms with E-state index in [9.17, 15) is 5.11 Å². The quantitative estimate of drug-likeness (QED) is 0.874. The lowest BCUT2D eigenvalue weighted by molar-refractivity contribution is 0.0548. The molecule has 1 aromatic rings. The van der Waals surface area contributed by atoms with Gasteiger partial charge in [-0.2, -0.15) is 0 Å². The van der Waals surface area contributed by atoms with E-state index < -0.39 is 0 Å². The molecular formula is C18H29NO2. The normalized spacial score (nSPS) is 26.1. The molecule has 1 aliphatic carbocycles. The van der Waals surface area contributed by atoms with Crippen LogP contribution in [-0.2, 0) is 0 Å². The van der Waals surface area contributed by atoms with E-state index in [1.165, 1.54) is 11.1 Å². The Kier molecular flexibility index (Phi) is 5.28. The van der Waals surface area contributed by atoms with Gasteiger partial charge in [0.2, 0.25) is 0 Å². The molecule has 0 aromatic heterocycles. The third-order valence-corrected chi connectivity index (χ3v) is 4.72. The number of rotatable bonds is 5. The van der Waals surface area contributed by atoms with E-state index in [1.54, 1.807) is 0 Å². The molecule has 2 N–H and O–H groups in total. The van der Waals surface area contributed by atoms with Gasteiger partial charge < -0.3 is 15.2 Å². The molecule has 3 nitrogen and oxygen atoms in total. The van der Waals surface area contributed by atoms with Crippen LogP contribution in [0.1, 0.15) is 56.6 Å². The highest BCUT2D eigenvalue weighted by molar-refractivity contribution is 5.39. The third-order valence-electron chi connectivity index (χ3n) is 4.72. The van der Waals surface area contributed by atoms with Gasteiger partial charge in [-0.3, -0.25) is 0 Å². The highest BCUT2D eigenvalue weighted by atomic mass is 16.5. The lowest BCUT2D eigenvalue weighted by Crippen LogP contribution is -2.52. The van der Waals surface area contributed by atoms with Crippen LogP contribution in [0, 0.1) is 6.92 Å². The fourth-order valence-electron chi connectivity index (χ4n) is 3.26. The predicted molar refractivity (Wildman–Crippen MR) is 87.0 cm³/mol. The summed E-state index contributed by atoms with van der Waals surface area (Å²) in [5, 5.41) is 13.0. The minimum atomic E-state index is -0.176. The van der Waals surface area contributed by atoms with Gasteiger partial charge in [0.05, 0.1) is 6.61 Å². The van der Waals surface area contributed by atoms with Crippen LogP contribution < -0.4 is 10.1 Å². The molecule has 1 saturated carbocycles. The minimum absolute atomic E-state index is 0.175. The molecule has 0 amide bonds. The van der Waals surface area contributed by atoms with Crippen LogP contribution in [0.3, 0.4) is 0 Å². The van der Waals surface area contributed by atoms with E-state index in [0.717, 1.165) is 31.4 Å². The lowest BCUT2D eigenvalue weighted by atomic mass is 9.80. The van der Waals surface area contributed by atoms with Gasteiger partial charge in [-0.15, -0.1) is 0 Å². The van der Waals surface area contributed by atoms with Crippen molar-refractivity contribution in [2.75, 3.05) is 13.7 Å². The molecule has 118 valence electrons. The minimum Gasteiger partial charge on any atom is -0.490 e. The van der Waals surface area contributed by atoms with Crippen molar-refractivity contribution in [2.24, 2.45) is 0 Å². The third kappa shape index (κ3) is 3.78. The summed E-state index contributed by atoms with van der Waals surface area (Å²) in [5.41, 5.74) is 2.32. The summed E-state index contributed by atoms with van der Waals surface area (Å²) in [4.78, 5) is 0. The zero-order valence-electron chi connectivity index (χ0n) is 13.8. The average molecular weight is 291 g/mol. The molecule has 0 bridgehead atoms. The first-order valence-electron chi connectivity index (χ1n) is 8.06. The molecule has 21 heavy (non-hydrogen) atoms. The van der Waals surface area contributed by atoms with Gasteiger partial charge in [0.25, 0.3) is 0 Å². The van der Waals surface area contributed by atoms with Gasteiger partial charge in [0, 0.05) is 12.0 Å². The smallest absolute Gasteiger partial charge is 0.123 e. The number of aliphatic hydroxyl groups excluding tert-OH is 1. The Morgan fingerprint density at radius 1 is 1.43 bits per heavy atom. The van der Waals surface area contributed by atoms with Gasteiger partial charge >= 0.3 is 0 Å². The Hall–Kier alpha value is -1.06. The second-order valence-corrected chi connectivity index (χ2v) is 6.72. The number of ether oxygens (including phenoxy) is 1. The molecule has 0 heterocycles. The molecule has 2 atom stereocenters. The van der Waals surface area contributed by atoms with Crippen molar-refractivity contribution in [1.29, 1.82) is 0 Å². The molecule has 0 aliphatic heterocycles. The number of hydrogen-bond donors (Lipinski definition) is 2. The number of likely N-dealkylation sites (N-methyl/N-ethyl adjacent to an activating group) is 1. The standard InChI is InChI=1S/C18H29NO2/c1-13(2)16-8-7-14(3)10-17(16)21-15-6-5-9-18(11-15,12-20)19-4/h7-8,10,13,15,19-20H,5-6,9,11-12H2,1-4H3. The predicted octanol–water partition coefficient (Wildman–Crippen LogP) is 3.39. The van der Waals surface area contributed by atoms with Gasteiger partial charge in [-0.25, -0.2) is 0 Å². The van der Waals surface area contributed by atoms with Gasteiger partial charge in [0.15, 0.2) is 0 Å². The molecule has 0 saturated heterocycles. The first-order chi connectivity index (χ1) is 9.99. The van der Waals surface area contributed by atoms with Crippen molar-refractivity contribution in [3.8, 4) is 5.75 Å². The van der Waals surface area contributed by atoms with Crippen molar-refractivity contribution < 1.29 is 9.84 Å². The Morgan fingerprint density at radius 2 is 2.19 bits per heavy atom. The van der Waals surface area contributed by atoms with Crippen LogP contribution in [0.2, 0.25) is 0 Å². The number of aliphatic hydroxyl groups is 1. The van der Waals surface area contributed by atoms with Crippen LogP contribution in [0.15, 0.2) is 18.2 Å². The SMILES string of the molecule is CNC1(CO)CCCC(Oc2cc(C)ccc2C(C)C)C1. The van der Waals surface area contributed by atoms with Crippen LogP contribution in [0.4, 0.5) is 0 Å². The largest absolute Gasteiger partial charge is 0.490 e. The number of nitrogens with one attached hydrogen (secondary N) is 1. The fraction of sp³-hybridized carbons (Fsp3) is 0.667. The molecule has 2 unspecified atom stereocenters. The number of benzene rings is 1. The van der Waals surface area contributed by atoms with Crippen molar-refractivity contribution in [3.05, 3.63) is 29.3 Å². The van der Waals surface area contributed by atoms with Crippen molar-refractivity contribution in [1.82, 2.24) is 5.32 Å². The van der Waals surface area contributed by atoms with E-state index in [1.807, 2.05) is 7.05 Å². The molecule has 1 fully saturated rings. The first-order valence-corrected chi connectivity index (χ1v) is 8.06. The topological polar surface area (TPSA) is 41.5 Å². The Balaban J connectivity index is 2.16. The Morgan fingerprint density at radius 3 is 2.81 bits per heavy atom. The molecule has 0 radical (unpaired) electrons. The molecular weight excluding hydrogens is 262 g/mol. The lowest BCUT2D eigenvalue weighted by Gasteiger charge is -2.39. The first kappa shape index (κ1) is 16.3. The summed E-state index contributed by atoms with van der Waals surface area (Å²) in [5.74, 6) is 1.47. The van der Waals surface area contributed by atoms with Crippen molar-refractivity contribution >= 4 is 0 Å². The summed E-state index contributed by atoms with van der Waals surface area (Å²) in [6.07, 6.45) is 4.22. The highest BCUT2D eigenvalue weighted by Gasteiger charge is 2.35. The zero-order chi connectivity index (χ0) is 15.5. The van der Waals surface area contributed by atoms with Crippen LogP contribution in [0.25, 0.3) is 0 Å². The van der Waals surface area contributed by atoms with Gasteiger partial charge in [0.1, 0.15) is 11.9 Å². The van der Waals surface area contributed by atoms with E-state index in [4.69, 9.17) is 4.74 Å². The fourth-order valence-corrected chi connectivity index (χ4v) is 3.26. The molecule has 3 heteroatoms. The second kappa shape index (κ2) is 6.80. The molecule has 1 aromatic carbocycles. The summed E-state index contributed by atoms with van der Waals surface area (Å²) in [7, 11) is 1.94. The van der Waals surface area contributed by atoms with Gasteiger partial charge in [-0.05, 0) is 56.3 Å². The molecule has 2 rings (SSSR count). The van der Waals surface area contributed by atoms with E-state index in [0.29, 0.717) is 5.92 Å². The summed E-state index contributed by atoms with van der Waals surface area (Å²) < 4.78 is 6.34. The number of hydrogen-bond acceptors (Lipinski definition) is 3. The highest BCUT2D eigenvalue weighted by Crippen LogP contribution is 2.34.